The van der Waals surface area contributed by atoms with Crippen LogP contribution in [0.25, 0.3) is 0 Å². The molecule has 0 aliphatic carbocycles. The molecule has 5 heteroatoms. The first-order valence-electron chi connectivity index (χ1n) is 5.62. The number of hydrogen-bond acceptors (Lipinski definition) is 5. The van der Waals surface area contributed by atoms with Crippen LogP contribution in [0.15, 0.2) is 29.0 Å². The minimum absolute atomic E-state index is 0.342. The van der Waals surface area contributed by atoms with Gasteiger partial charge >= 0.3 is 0 Å². The minimum atomic E-state index is -0.342. The number of hydrogen-bond donors (Lipinski definition) is 1. The van der Waals surface area contributed by atoms with Crippen LogP contribution in [0.1, 0.15) is 30.6 Å². The van der Waals surface area contributed by atoms with E-state index in [0.717, 1.165) is 5.56 Å². The highest BCUT2D eigenvalue weighted by Crippen LogP contribution is 2.07. The van der Waals surface area contributed by atoms with Crippen LogP contribution < -0.4 is 0 Å². The third-order valence-corrected chi connectivity index (χ3v) is 2.40. The average molecular weight is 233 g/mol. The van der Waals surface area contributed by atoms with Crippen LogP contribution >= 0.6 is 0 Å². The molecule has 1 unspecified atom stereocenters. The van der Waals surface area contributed by atoms with Gasteiger partial charge in [-0.3, -0.25) is 4.98 Å². The maximum absolute atomic E-state index is 9.16. The summed E-state index contributed by atoms with van der Waals surface area (Å²) in [6.07, 6.45) is 5.03. The molecule has 0 aromatic carbocycles. The Kier molecular flexibility index (Phi) is 3.82. The van der Waals surface area contributed by atoms with Crippen molar-refractivity contribution in [3.05, 3.63) is 41.8 Å². The zero-order valence-electron chi connectivity index (χ0n) is 9.71. The Labute approximate surface area is 99.5 Å². The van der Waals surface area contributed by atoms with Gasteiger partial charge in [-0.15, -0.1) is 0 Å². The number of aliphatic hydroxyl groups is 1. The first kappa shape index (κ1) is 11.7. The first-order chi connectivity index (χ1) is 8.24. The van der Waals surface area contributed by atoms with Crippen molar-refractivity contribution in [3.63, 3.8) is 0 Å². The normalized spacial score (nSPS) is 12.6. The second-order valence-corrected chi connectivity index (χ2v) is 4.02. The maximum Gasteiger partial charge on any atom is 0.226 e. The molecule has 17 heavy (non-hydrogen) atoms. The van der Waals surface area contributed by atoms with E-state index in [-0.39, 0.29) is 6.10 Å². The molecular formula is C12H15N3O2. The maximum atomic E-state index is 9.16. The Morgan fingerprint density at radius 3 is 2.82 bits per heavy atom. The molecule has 5 nitrogen and oxygen atoms in total. The van der Waals surface area contributed by atoms with Gasteiger partial charge in [-0.2, -0.15) is 4.98 Å². The average Bonchev–Trinajstić information content (AvgIpc) is 2.75. The van der Waals surface area contributed by atoms with Crippen molar-refractivity contribution in [3.8, 4) is 0 Å². The molecule has 0 saturated heterocycles. The number of nitrogens with zero attached hydrogens (tertiary/aromatic N) is 3. The van der Waals surface area contributed by atoms with Crippen molar-refractivity contribution in [2.24, 2.45) is 0 Å². The molecule has 2 aromatic rings. The van der Waals surface area contributed by atoms with E-state index in [9.17, 15) is 0 Å². The van der Waals surface area contributed by atoms with Crippen molar-refractivity contribution >= 4 is 0 Å². The Bertz CT molecular complexity index is 454. The highest BCUT2D eigenvalue weighted by molar-refractivity contribution is 5.14. The van der Waals surface area contributed by atoms with Gasteiger partial charge in [0, 0.05) is 25.2 Å². The first-order valence-corrected chi connectivity index (χ1v) is 5.62. The largest absolute Gasteiger partial charge is 0.393 e. The fraction of sp³-hybridized carbons (Fsp3) is 0.417. The van der Waals surface area contributed by atoms with E-state index in [2.05, 4.69) is 15.1 Å². The molecule has 90 valence electrons. The lowest BCUT2D eigenvalue weighted by Crippen LogP contribution is -2.01. The molecule has 2 aromatic heterocycles. The standard InChI is InChI=1S/C12H15N3O2/c1-9(16)2-3-12-14-11(15-17-12)8-10-4-6-13-7-5-10/h4-7,9,16H,2-3,8H2,1H3. The highest BCUT2D eigenvalue weighted by atomic mass is 16.5. The van der Waals surface area contributed by atoms with Crippen molar-refractivity contribution in [1.82, 2.24) is 15.1 Å². The van der Waals surface area contributed by atoms with Crippen LogP contribution in [0.4, 0.5) is 0 Å². The Balaban J connectivity index is 1.94. The molecule has 2 rings (SSSR count). The zero-order valence-corrected chi connectivity index (χ0v) is 9.71. The number of aliphatic hydroxyl groups excluding tert-OH is 1. The van der Waals surface area contributed by atoms with Gasteiger partial charge in [-0.25, -0.2) is 0 Å². The molecule has 0 aliphatic heterocycles. The topological polar surface area (TPSA) is 72.0 Å². The van der Waals surface area contributed by atoms with E-state index in [1.54, 1.807) is 19.3 Å². The Morgan fingerprint density at radius 1 is 1.35 bits per heavy atom. The van der Waals surface area contributed by atoms with E-state index in [1.165, 1.54) is 0 Å². The van der Waals surface area contributed by atoms with Crippen molar-refractivity contribution in [2.75, 3.05) is 0 Å². The summed E-state index contributed by atoms with van der Waals surface area (Å²) >= 11 is 0. The SMILES string of the molecule is CC(O)CCc1nc(Cc2ccncc2)no1. The quantitative estimate of drug-likeness (QED) is 0.844. The third kappa shape index (κ3) is 3.64. The summed E-state index contributed by atoms with van der Waals surface area (Å²) in [5, 5.41) is 13.1. The molecule has 0 amide bonds. The molecule has 0 spiro atoms. The fourth-order valence-electron chi connectivity index (χ4n) is 1.48. The number of rotatable bonds is 5. The molecule has 1 atom stereocenters. The summed E-state index contributed by atoms with van der Waals surface area (Å²) in [7, 11) is 0. The van der Waals surface area contributed by atoms with Gasteiger partial charge in [0.1, 0.15) is 0 Å². The van der Waals surface area contributed by atoms with Gasteiger partial charge in [0.25, 0.3) is 0 Å². The molecule has 1 N–H and O–H groups in total. The van der Waals surface area contributed by atoms with Gasteiger partial charge in [-0.05, 0) is 31.0 Å². The number of aryl methyl sites for hydroxylation is 1. The van der Waals surface area contributed by atoms with Gasteiger partial charge < -0.3 is 9.63 Å². The summed E-state index contributed by atoms with van der Waals surface area (Å²) in [5.74, 6) is 1.24. The summed E-state index contributed by atoms with van der Waals surface area (Å²) < 4.78 is 5.10. The van der Waals surface area contributed by atoms with Crippen LogP contribution in [-0.2, 0) is 12.8 Å². The predicted molar refractivity (Wildman–Crippen MR) is 61.3 cm³/mol. The van der Waals surface area contributed by atoms with Gasteiger partial charge in [0.2, 0.25) is 5.89 Å². The fourth-order valence-corrected chi connectivity index (χ4v) is 1.48. The van der Waals surface area contributed by atoms with Crippen molar-refractivity contribution in [2.45, 2.75) is 32.3 Å². The summed E-state index contributed by atoms with van der Waals surface area (Å²) in [6.45, 7) is 1.74. The van der Waals surface area contributed by atoms with E-state index in [0.29, 0.717) is 31.0 Å². The molecule has 0 fully saturated rings. The number of pyridine rings is 1. The van der Waals surface area contributed by atoms with Gasteiger partial charge in [-0.1, -0.05) is 5.16 Å². The minimum Gasteiger partial charge on any atom is -0.393 e. The van der Waals surface area contributed by atoms with E-state index in [1.807, 2.05) is 12.1 Å². The number of aromatic nitrogens is 3. The van der Waals surface area contributed by atoms with E-state index < -0.39 is 0 Å². The van der Waals surface area contributed by atoms with E-state index >= 15 is 0 Å². The van der Waals surface area contributed by atoms with Crippen LogP contribution in [-0.4, -0.2) is 26.3 Å². The molecular weight excluding hydrogens is 218 g/mol. The van der Waals surface area contributed by atoms with Crippen LogP contribution in [0, 0.1) is 0 Å². The molecule has 0 radical (unpaired) electrons. The molecule has 0 aliphatic rings. The van der Waals surface area contributed by atoms with Crippen LogP contribution in [0.5, 0.6) is 0 Å². The molecule has 0 bridgehead atoms. The highest BCUT2D eigenvalue weighted by Gasteiger charge is 2.08. The van der Waals surface area contributed by atoms with Gasteiger partial charge in [0.05, 0.1) is 6.10 Å². The summed E-state index contributed by atoms with van der Waals surface area (Å²) in [5.41, 5.74) is 1.10. The lowest BCUT2D eigenvalue weighted by Gasteiger charge is -1.98. The predicted octanol–water partition coefficient (Wildman–Crippen LogP) is 1.37. The lowest BCUT2D eigenvalue weighted by molar-refractivity contribution is 0.180. The molecule has 0 saturated carbocycles. The van der Waals surface area contributed by atoms with E-state index in [4.69, 9.17) is 9.63 Å². The lowest BCUT2D eigenvalue weighted by atomic mass is 10.2. The smallest absolute Gasteiger partial charge is 0.226 e. The van der Waals surface area contributed by atoms with Crippen molar-refractivity contribution < 1.29 is 9.63 Å². The van der Waals surface area contributed by atoms with Crippen molar-refractivity contribution in [1.29, 1.82) is 0 Å². The monoisotopic (exact) mass is 233 g/mol. The second kappa shape index (κ2) is 5.54. The summed E-state index contributed by atoms with van der Waals surface area (Å²) in [6, 6.07) is 3.84. The van der Waals surface area contributed by atoms with Crippen LogP contribution in [0.3, 0.4) is 0 Å². The molecule has 2 heterocycles. The van der Waals surface area contributed by atoms with Crippen LogP contribution in [0.2, 0.25) is 0 Å². The Morgan fingerprint density at radius 2 is 2.12 bits per heavy atom. The summed E-state index contributed by atoms with van der Waals surface area (Å²) in [4.78, 5) is 8.22. The second-order valence-electron chi connectivity index (χ2n) is 4.02. The Hall–Kier alpha value is -1.75. The zero-order chi connectivity index (χ0) is 12.1. The van der Waals surface area contributed by atoms with Gasteiger partial charge in [0.15, 0.2) is 5.82 Å². The third-order valence-electron chi connectivity index (χ3n) is 2.40.